The maximum absolute atomic E-state index is 12.9. The number of carbonyl (C=O) groups excluding carboxylic acids is 1. The van der Waals surface area contributed by atoms with Gasteiger partial charge in [0.05, 0.1) is 17.9 Å². The number of hydrogen-bond donors (Lipinski definition) is 3. The number of benzene rings is 1. The van der Waals surface area contributed by atoms with Gasteiger partial charge in [0, 0.05) is 17.9 Å². The molecular weight excluding hydrogens is 399 g/mol. The fourth-order valence-corrected chi connectivity index (χ4v) is 3.50. The minimum atomic E-state index is -4.44. The lowest BCUT2D eigenvalue weighted by molar-refractivity contribution is -0.137. The third-order valence-electron chi connectivity index (χ3n) is 5.11. The molecule has 0 bridgehead atoms. The molecule has 0 atom stereocenters. The van der Waals surface area contributed by atoms with E-state index in [1.54, 1.807) is 12.3 Å². The Hall–Kier alpha value is -3.14. The first-order valence-electron chi connectivity index (χ1n) is 9.57. The van der Waals surface area contributed by atoms with E-state index in [4.69, 9.17) is 0 Å². The van der Waals surface area contributed by atoms with E-state index < -0.39 is 11.7 Å². The Bertz CT molecular complexity index is 1060. The zero-order chi connectivity index (χ0) is 21.3. The number of aliphatic hydroxyl groups is 1. The Balaban J connectivity index is 1.54. The van der Waals surface area contributed by atoms with Gasteiger partial charge in [-0.1, -0.05) is 6.07 Å². The summed E-state index contributed by atoms with van der Waals surface area (Å²) in [5.74, 6) is -0.0349. The van der Waals surface area contributed by atoms with Crippen LogP contribution in [0.5, 0.6) is 0 Å². The van der Waals surface area contributed by atoms with Crippen LogP contribution in [0.4, 0.5) is 24.7 Å². The summed E-state index contributed by atoms with van der Waals surface area (Å²) in [6.07, 6.45) is 0.896. The topological polar surface area (TPSA) is 91.5 Å². The number of carbonyl (C=O) groups is 1. The van der Waals surface area contributed by atoms with Crippen LogP contribution >= 0.6 is 0 Å². The highest BCUT2D eigenvalue weighted by molar-refractivity contribution is 6.00. The number of hydrogen-bond acceptors (Lipinski definition) is 5. The van der Waals surface area contributed by atoms with Gasteiger partial charge in [0.25, 0.3) is 5.91 Å². The van der Waals surface area contributed by atoms with E-state index in [2.05, 4.69) is 20.7 Å². The van der Waals surface area contributed by atoms with Crippen molar-refractivity contribution in [3.63, 3.8) is 0 Å². The highest BCUT2D eigenvalue weighted by Crippen LogP contribution is 2.31. The van der Waals surface area contributed by atoms with Crippen molar-refractivity contribution >= 4 is 23.1 Å². The van der Waals surface area contributed by atoms with E-state index in [9.17, 15) is 23.1 Å². The quantitative estimate of drug-likeness (QED) is 0.602. The minimum absolute atomic E-state index is 0.0257. The molecule has 0 aliphatic heterocycles. The first-order chi connectivity index (χ1) is 14.3. The average molecular weight is 419 g/mol. The monoisotopic (exact) mass is 419 g/mol. The van der Waals surface area contributed by atoms with Crippen molar-refractivity contribution in [3.05, 3.63) is 53.9 Å². The molecule has 10 heteroatoms. The molecule has 1 aliphatic carbocycles. The number of halogens is 3. The number of alkyl halides is 3. The van der Waals surface area contributed by atoms with Gasteiger partial charge in [-0.05, 0) is 49.9 Å². The van der Waals surface area contributed by atoms with Crippen LogP contribution in [-0.4, -0.2) is 37.8 Å². The van der Waals surface area contributed by atoms with E-state index in [1.165, 1.54) is 22.8 Å². The molecule has 3 aromatic rings. The summed E-state index contributed by atoms with van der Waals surface area (Å²) in [6.45, 7) is 0. The summed E-state index contributed by atoms with van der Waals surface area (Å²) in [6, 6.07) is 6.33. The first kappa shape index (κ1) is 20.1. The van der Waals surface area contributed by atoms with Crippen LogP contribution in [0.2, 0.25) is 0 Å². The van der Waals surface area contributed by atoms with Crippen molar-refractivity contribution in [1.29, 1.82) is 0 Å². The van der Waals surface area contributed by atoms with Gasteiger partial charge in [0.2, 0.25) is 0 Å². The standard InChI is InChI=1S/C20H20F3N5O2/c21-20(22,23)12-2-1-3-14(10-12)25-17-8-9-28-18(27-17)16(11-24-28)19(30)26-13-4-6-15(29)7-5-13/h1-3,8-11,13,15,29H,4-7H2,(H,25,27)(H,26,30). The van der Waals surface area contributed by atoms with Crippen molar-refractivity contribution in [3.8, 4) is 0 Å². The first-order valence-corrected chi connectivity index (χ1v) is 9.57. The molecule has 158 valence electrons. The summed E-state index contributed by atoms with van der Waals surface area (Å²) in [7, 11) is 0. The molecule has 7 nitrogen and oxygen atoms in total. The molecule has 1 saturated carbocycles. The van der Waals surface area contributed by atoms with E-state index in [0.29, 0.717) is 31.3 Å². The maximum atomic E-state index is 12.9. The van der Waals surface area contributed by atoms with Crippen molar-refractivity contribution in [1.82, 2.24) is 19.9 Å². The third kappa shape index (κ3) is 4.38. The predicted octanol–water partition coefficient (Wildman–Crippen LogP) is 3.53. The second kappa shape index (κ2) is 7.94. The zero-order valence-corrected chi connectivity index (χ0v) is 15.9. The molecule has 1 aromatic carbocycles. The highest BCUT2D eigenvalue weighted by atomic mass is 19.4. The molecule has 2 heterocycles. The van der Waals surface area contributed by atoms with Crippen molar-refractivity contribution in [2.75, 3.05) is 5.32 Å². The lowest BCUT2D eigenvalue weighted by atomic mass is 9.93. The SMILES string of the molecule is O=C(NC1CCC(O)CC1)c1cnn2ccc(Nc3cccc(C(F)(F)F)c3)nc12. The number of aromatic nitrogens is 3. The molecule has 30 heavy (non-hydrogen) atoms. The molecular formula is C20H20F3N5O2. The Morgan fingerprint density at radius 3 is 2.67 bits per heavy atom. The third-order valence-corrected chi connectivity index (χ3v) is 5.11. The number of amides is 1. The molecule has 1 fully saturated rings. The van der Waals surface area contributed by atoms with Gasteiger partial charge < -0.3 is 15.7 Å². The largest absolute Gasteiger partial charge is 0.416 e. The molecule has 0 saturated heterocycles. The summed E-state index contributed by atoms with van der Waals surface area (Å²) >= 11 is 0. The van der Waals surface area contributed by atoms with Gasteiger partial charge in [-0.15, -0.1) is 0 Å². The van der Waals surface area contributed by atoms with Crippen molar-refractivity contribution in [2.45, 2.75) is 44.0 Å². The Morgan fingerprint density at radius 1 is 1.17 bits per heavy atom. The van der Waals surface area contributed by atoms with Crippen LogP contribution in [0.15, 0.2) is 42.7 Å². The second-order valence-corrected chi connectivity index (χ2v) is 7.32. The van der Waals surface area contributed by atoms with Crippen molar-refractivity contribution in [2.24, 2.45) is 0 Å². The molecule has 0 radical (unpaired) electrons. The van der Waals surface area contributed by atoms with Crippen molar-refractivity contribution < 1.29 is 23.1 Å². The van der Waals surface area contributed by atoms with E-state index in [1.807, 2.05) is 0 Å². The molecule has 2 aromatic heterocycles. The van der Waals surface area contributed by atoms with E-state index in [0.717, 1.165) is 12.1 Å². The maximum Gasteiger partial charge on any atom is 0.416 e. The number of fused-ring (bicyclic) bond motifs is 1. The Labute approximate surface area is 169 Å². The predicted molar refractivity (Wildman–Crippen MR) is 103 cm³/mol. The number of nitrogens with one attached hydrogen (secondary N) is 2. The molecule has 0 unspecified atom stereocenters. The fourth-order valence-electron chi connectivity index (χ4n) is 3.50. The zero-order valence-electron chi connectivity index (χ0n) is 15.9. The van der Waals surface area contributed by atoms with Gasteiger partial charge >= 0.3 is 6.18 Å². The van der Waals surface area contributed by atoms with Crippen LogP contribution in [0.3, 0.4) is 0 Å². The van der Waals surface area contributed by atoms with Crippen LogP contribution in [0.25, 0.3) is 5.65 Å². The summed E-state index contributed by atoms with van der Waals surface area (Å²) in [5.41, 5.74) is 0.0256. The number of aliphatic hydroxyl groups excluding tert-OH is 1. The summed E-state index contributed by atoms with van der Waals surface area (Å²) < 4.78 is 40.2. The van der Waals surface area contributed by atoms with Gasteiger partial charge in [-0.25, -0.2) is 9.50 Å². The van der Waals surface area contributed by atoms with Gasteiger partial charge in [0.1, 0.15) is 11.4 Å². The highest BCUT2D eigenvalue weighted by Gasteiger charge is 2.30. The fraction of sp³-hybridized carbons (Fsp3) is 0.350. The Kier molecular flexibility index (Phi) is 5.33. The van der Waals surface area contributed by atoms with E-state index >= 15 is 0 Å². The molecule has 3 N–H and O–H groups in total. The van der Waals surface area contributed by atoms with Gasteiger partial charge in [0.15, 0.2) is 5.65 Å². The lowest BCUT2D eigenvalue weighted by Gasteiger charge is -2.25. The van der Waals surface area contributed by atoms with Crippen LogP contribution < -0.4 is 10.6 Å². The van der Waals surface area contributed by atoms with Crippen LogP contribution in [-0.2, 0) is 6.18 Å². The van der Waals surface area contributed by atoms with Gasteiger partial charge in [-0.2, -0.15) is 18.3 Å². The molecule has 4 rings (SSSR count). The second-order valence-electron chi connectivity index (χ2n) is 7.32. The number of nitrogens with zero attached hydrogens (tertiary/aromatic N) is 3. The number of anilines is 2. The Morgan fingerprint density at radius 2 is 1.93 bits per heavy atom. The molecule has 0 spiro atoms. The summed E-state index contributed by atoms with van der Waals surface area (Å²) in [5, 5.41) is 19.5. The average Bonchev–Trinajstić information content (AvgIpc) is 3.13. The van der Waals surface area contributed by atoms with Crippen LogP contribution in [0.1, 0.15) is 41.6 Å². The van der Waals surface area contributed by atoms with Gasteiger partial charge in [-0.3, -0.25) is 4.79 Å². The lowest BCUT2D eigenvalue weighted by Crippen LogP contribution is -2.38. The van der Waals surface area contributed by atoms with E-state index in [-0.39, 0.29) is 35.1 Å². The summed E-state index contributed by atoms with van der Waals surface area (Å²) in [4.78, 5) is 17.0. The minimum Gasteiger partial charge on any atom is -0.393 e. The smallest absolute Gasteiger partial charge is 0.393 e. The molecule has 1 amide bonds. The number of rotatable bonds is 4. The van der Waals surface area contributed by atoms with Crippen LogP contribution in [0, 0.1) is 0 Å². The normalized spacial score (nSPS) is 19.6. The molecule has 1 aliphatic rings.